The summed E-state index contributed by atoms with van der Waals surface area (Å²) in [6.45, 7) is 0. The summed E-state index contributed by atoms with van der Waals surface area (Å²) < 4.78 is 0. The van der Waals surface area contributed by atoms with Gasteiger partial charge in [-0.15, -0.1) is 6.42 Å². The van der Waals surface area contributed by atoms with E-state index in [0.717, 1.165) is 6.42 Å². The van der Waals surface area contributed by atoms with Gasteiger partial charge in [-0.3, -0.25) is 15.5 Å². The third kappa shape index (κ3) is 11.7. The van der Waals surface area contributed by atoms with E-state index < -0.39 is 0 Å². The van der Waals surface area contributed by atoms with Gasteiger partial charge in [-0.1, -0.05) is 0 Å². The molecule has 0 bridgehead atoms. The van der Waals surface area contributed by atoms with Gasteiger partial charge in [-0.25, -0.2) is 12.2 Å². The maximum absolute atomic E-state index is 2.99. The fourth-order valence-electron chi connectivity index (χ4n) is 0.340. The van der Waals surface area contributed by atoms with Crippen LogP contribution in [-0.2, 0) is 26.2 Å². The number of hydrogen-bond donors (Lipinski definition) is 0. The fraction of sp³-hybridized carbons (Fsp3) is 0.167. The SMILES string of the molecule is F.F.[C-]1=CC=CC1.[CH3-].[Zr+2]. The summed E-state index contributed by atoms with van der Waals surface area (Å²) in [6.07, 6.45) is 10.0. The fourth-order valence-corrected chi connectivity index (χ4v) is 0.340. The molecule has 0 aromatic carbocycles. The standard InChI is InChI=1S/C5H5.CH3.2FH.Zr/c1-2-4-5-3-1;;;;/h1-3H,4H2;1H3;2*1H;/q2*-1;;;+2. The van der Waals surface area contributed by atoms with Gasteiger partial charge >= 0.3 is 26.2 Å². The molecule has 0 saturated heterocycles. The van der Waals surface area contributed by atoms with Crippen molar-refractivity contribution in [3.05, 3.63) is 31.7 Å². The molecule has 0 atom stereocenters. The Labute approximate surface area is 73.9 Å². The van der Waals surface area contributed by atoms with Gasteiger partial charge in [0.2, 0.25) is 0 Å². The Balaban J connectivity index is -0.0000000312. The van der Waals surface area contributed by atoms with Crippen molar-refractivity contribution in [1.82, 2.24) is 0 Å². The van der Waals surface area contributed by atoms with Crippen LogP contribution in [0.2, 0.25) is 0 Å². The van der Waals surface area contributed by atoms with Gasteiger partial charge in [0.25, 0.3) is 0 Å². The average Bonchev–Trinajstić information content (AvgIpc) is 1.76. The Morgan fingerprint density at radius 1 is 1.22 bits per heavy atom. The van der Waals surface area contributed by atoms with Crippen molar-refractivity contribution in [2.24, 2.45) is 0 Å². The number of hydrogen-bond acceptors (Lipinski definition) is 0. The molecule has 0 unspecified atom stereocenters. The largest absolute Gasteiger partial charge is 2.00 e. The predicted molar refractivity (Wildman–Crippen MR) is 33.0 cm³/mol. The molecular weight excluding hydrogens is 201 g/mol. The Bertz CT molecular complexity index is 69.1. The normalized spacial score (nSPS) is 9.78. The molecule has 0 aliphatic heterocycles. The summed E-state index contributed by atoms with van der Waals surface area (Å²) in [6, 6.07) is 0. The van der Waals surface area contributed by atoms with Crippen molar-refractivity contribution >= 4 is 0 Å². The molecule has 9 heavy (non-hydrogen) atoms. The Morgan fingerprint density at radius 2 is 1.78 bits per heavy atom. The molecule has 0 aromatic rings. The topological polar surface area (TPSA) is 0 Å². The predicted octanol–water partition coefficient (Wildman–Crippen LogP) is 2.06. The van der Waals surface area contributed by atoms with Gasteiger partial charge in [0, 0.05) is 0 Å². The van der Waals surface area contributed by atoms with Crippen LogP contribution in [0.3, 0.4) is 0 Å². The van der Waals surface area contributed by atoms with Gasteiger partial charge in [0.15, 0.2) is 0 Å². The second-order valence-electron chi connectivity index (χ2n) is 1.00. The first-order valence-corrected chi connectivity index (χ1v) is 1.72. The zero-order valence-corrected chi connectivity index (χ0v) is 7.71. The van der Waals surface area contributed by atoms with Crippen LogP contribution in [0.15, 0.2) is 18.2 Å². The summed E-state index contributed by atoms with van der Waals surface area (Å²) in [5, 5.41) is 0. The van der Waals surface area contributed by atoms with Gasteiger partial charge in [0.05, 0.1) is 0 Å². The van der Waals surface area contributed by atoms with E-state index >= 15 is 0 Å². The zero-order valence-electron chi connectivity index (χ0n) is 5.26. The minimum atomic E-state index is 0. The summed E-state index contributed by atoms with van der Waals surface area (Å²) in [4.78, 5) is 0. The van der Waals surface area contributed by atoms with Crippen LogP contribution in [0.5, 0.6) is 0 Å². The van der Waals surface area contributed by atoms with E-state index in [0.29, 0.717) is 0 Å². The molecule has 0 fully saturated rings. The number of halogens is 2. The monoisotopic (exact) mass is 210 g/mol. The first-order valence-electron chi connectivity index (χ1n) is 1.72. The van der Waals surface area contributed by atoms with E-state index in [1.54, 1.807) is 0 Å². The van der Waals surface area contributed by atoms with Crippen molar-refractivity contribution < 1.29 is 35.6 Å². The molecule has 0 amide bonds. The van der Waals surface area contributed by atoms with Crippen LogP contribution in [0.1, 0.15) is 6.42 Å². The Hall–Kier alpha value is 0.223. The van der Waals surface area contributed by atoms with Crippen LogP contribution in [0.25, 0.3) is 0 Å². The number of rotatable bonds is 0. The summed E-state index contributed by atoms with van der Waals surface area (Å²) in [5.41, 5.74) is 0. The van der Waals surface area contributed by atoms with Gasteiger partial charge in [-0.05, 0) is 0 Å². The van der Waals surface area contributed by atoms with E-state index in [2.05, 4.69) is 12.2 Å². The molecule has 1 aliphatic carbocycles. The maximum atomic E-state index is 2.99. The minimum absolute atomic E-state index is 0. The summed E-state index contributed by atoms with van der Waals surface area (Å²) in [7, 11) is 0. The van der Waals surface area contributed by atoms with E-state index in [1.165, 1.54) is 0 Å². The van der Waals surface area contributed by atoms with Crippen molar-refractivity contribution in [3.8, 4) is 0 Å². The molecule has 0 spiro atoms. The van der Waals surface area contributed by atoms with E-state index in [-0.39, 0.29) is 43.0 Å². The minimum Gasteiger partial charge on any atom is -0.358 e. The quantitative estimate of drug-likeness (QED) is 0.538. The van der Waals surface area contributed by atoms with Crippen LogP contribution in [0.4, 0.5) is 9.41 Å². The van der Waals surface area contributed by atoms with Crippen LogP contribution >= 0.6 is 0 Å². The molecule has 52 valence electrons. The van der Waals surface area contributed by atoms with E-state index in [4.69, 9.17) is 0 Å². The van der Waals surface area contributed by atoms with Crippen molar-refractivity contribution in [2.45, 2.75) is 6.42 Å². The van der Waals surface area contributed by atoms with Crippen LogP contribution in [0, 0.1) is 13.5 Å². The molecule has 0 nitrogen and oxygen atoms in total. The van der Waals surface area contributed by atoms with Crippen molar-refractivity contribution in [1.29, 1.82) is 0 Å². The summed E-state index contributed by atoms with van der Waals surface area (Å²) >= 11 is 0. The molecular formula is C6H10F2Zr. The van der Waals surface area contributed by atoms with Gasteiger partial charge < -0.3 is 7.43 Å². The average molecular weight is 211 g/mol. The second-order valence-corrected chi connectivity index (χ2v) is 1.00. The molecule has 0 aromatic heterocycles. The van der Waals surface area contributed by atoms with E-state index in [9.17, 15) is 0 Å². The summed E-state index contributed by atoms with van der Waals surface area (Å²) in [5.74, 6) is 0. The molecule has 1 rings (SSSR count). The second kappa shape index (κ2) is 15.7. The molecule has 0 saturated carbocycles. The van der Waals surface area contributed by atoms with Gasteiger partial charge in [-0.2, -0.15) is 6.08 Å². The van der Waals surface area contributed by atoms with Crippen LogP contribution < -0.4 is 0 Å². The Morgan fingerprint density at radius 3 is 1.89 bits per heavy atom. The van der Waals surface area contributed by atoms with Crippen LogP contribution in [-0.4, -0.2) is 0 Å². The molecule has 3 heteroatoms. The Kier molecular flexibility index (Phi) is 39.9. The van der Waals surface area contributed by atoms with E-state index in [1.807, 2.05) is 12.2 Å². The van der Waals surface area contributed by atoms with Gasteiger partial charge in [0.1, 0.15) is 0 Å². The first kappa shape index (κ1) is 22.9. The maximum Gasteiger partial charge on any atom is 2.00 e. The molecule has 1 aliphatic rings. The molecule has 0 radical (unpaired) electrons. The first-order chi connectivity index (χ1) is 2.50. The van der Waals surface area contributed by atoms with Crippen molar-refractivity contribution in [2.75, 3.05) is 0 Å². The van der Waals surface area contributed by atoms with Crippen molar-refractivity contribution in [3.63, 3.8) is 0 Å². The third-order valence-corrected chi connectivity index (χ3v) is 0.586. The smallest absolute Gasteiger partial charge is 0.358 e. The number of allylic oxidation sites excluding steroid dienone is 4. The third-order valence-electron chi connectivity index (χ3n) is 0.586. The molecule has 0 N–H and O–H groups in total. The molecule has 0 heterocycles. The zero-order chi connectivity index (χ0) is 3.54.